The Morgan fingerprint density at radius 3 is 2.64 bits per heavy atom. The number of anilines is 1. The predicted octanol–water partition coefficient (Wildman–Crippen LogP) is 2.15. The molecule has 3 heteroatoms. The van der Waals surface area contributed by atoms with E-state index in [9.17, 15) is 4.79 Å². The molecule has 0 atom stereocenters. The van der Waals surface area contributed by atoms with Gasteiger partial charge in [-0.15, -0.1) is 0 Å². The van der Waals surface area contributed by atoms with E-state index in [1.807, 2.05) is 37.9 Å². The van der Waals surface area contributed by atoms with Crippen LogP contribution < -0.4 is 4.90 Å². The van der Waals surface area contributed by atoms with Crippen LogP contribution in [0, 0.1) is 6.92 Å². The molecule has 0 saturated carbocycles. The SMILES string of the molecule is CCN(C)c1cc(C)ccc1C(=O)O. The molecule has 0 saturated heterocycles. The number of carbonyl (C=O) groups is 1. The fourth-order valence-electron chi connectivity index (χ4n) is 1.31. The summed E-state index contributed by atoms with van der Waals surface area (Å²) < 4.78 is 0. The summed E-state index contributed by atoms with van der Waals surface area (Å²) in [5, 5.41) is 8.97. The van der Waals surface area contributed by atoms with Gasteiger partial charge in [0.15, 0.2) is 0 Å². The molecule has 1 rings (SSSR count). The van der Waals surface area contributed by atoms with Gasteiger partial charge in [-0.05, 0) is 31.5 Å². The van der Waals surface area contributed by atoms with Crippen LogP contribution in [0.2, 0.25) is 0 Å². The third-order valence-electron chi connectivity index (χ3n) is 2.27. The fourth-order valence-corrected chi connectivity index (χ4v) is 1.31. The van der Waals surface area contributed by atoms with Crippen LogP contribution >= 0.6 is 0 Å². The summed E-state index contributed by atoms with van der Waals surface area (Å²) in [5.74, 6) is -0.875. The highest BCUT2D eigenvalue weighted by Gasteiger charge is 2.11. The highest BCUT2D eigenvalue weighted by atomic mass is 16.4. The topological polar surface area (TPSA) is 40.5 Å². The second-order valence-electron chi connectivity index (χ2n) is 3.34. The number of aryl methyl sites for hydroxylation is 1. The average Bonchev–Trinajstić information content (AvgIpc) is 2.16. The van der Waals surface area contributed by atoms with Gasteiger partial charge in [0.25, 0.3) is 0 Å². The average molecular weight is 193 g/mol. The summed E-state index contributed by atoms with van der Waals surface area (Å²) in [6, 6.07) is 5.36. The minimum absolute atomic E-state index is 0.361. The second-order valence-corrected chi connectivity index (χ2v) is 3.34. The predicted molar refractivity (Wildman–Crippen MR) is 57.1 cm³/mol. The first-order chi connectivity index (χ1) is 6.56. The van der Waals surface area contributed by atoms with Crippen molar-refractivity contribution >= 4 is 11.7 Å². The van der Waals surface area contributed by atoms with Crippen LogP contribution in [-0.4, -0.2) is 24.7 Å². The number of rotatable bonds is 3. The lowest BCUT2D eigenvalue weighted by Crippen LogP contribution is -2.19. The Morgan fingerprint density at radius 2 is 2.14 bits per heavy atom. The number of aromatic carboxylic acids is 1. The molecule has 0 fully saturated rings. The van der Waals surface area contributed by atoms with Gasteiger partial charge < -0.3 is 10.0 Å². The van der Waals surface area contributed by atoms with Crippen molar-refractivity contribution in [1.29, 1.82) is 0 Å². The quantitative estimate of drug-likeness (QED) is 0.799. The maximum absolute atomic E-state index is 10.9. The summed E-state index contributed by atoms with van der Waals surface area (Å²) in [6.07, 6.45) is 0. The first-order valence-electron chi connectivity index (χ1n) is 4.61. The highest BCUT2D eigenvalue weighted by molar-refractivity contribution is 5.94. The molecule has 76 valence electrons. The highest BCUT2D eigenvalue weighted by Crippen LogP contribution is 2.20. The third kappa shape index (κ3) is 2.05. The van der Waals surface area contributed by atoms with E-state index >= 15 is 0 Å². The van der Waals surface area contributed by atoms with Crippen LogP contribution in [-0.2, 0) is 0 Å². The van der Waals surface area contributed by atoms with Crippen molar-refractivity contribution < 1.29 is 9.90 Å². The van der Waals surface area contributed by atoms with E-state index in [-0.39, 0.29) is 0 Å². The van der Waals surface area contributed by atoms with Gasteiger partial charge >= 0.3 is 5.97 Å². The molecule has 0 bridgehead atoms. The molecule has 0 aromatic heterocycles. The summed E-state index contributed by atoms with van der Waals surface area (Å²) in [6.45, 7) is 4.75. The standard InChI is InChI=1S/C11H15NO2/c1-4-12(3)10-7-8(2)5-6-9(10)11(13)14/h5-7H,4H2,1-3H3,(H,13,14). The van der Waals surface area contributed by atoms with Gasteiger partial charge in [0.1, 0.15) is 0 Å². The van der Waals surface area contributed by atoms with Crippen molar-refractivity contribution in [2.24, 2.45) is 0 Å². The Balaban J connectivity index is 3.22. The number of hydrogen-bond acceptors (Lipinski definition) is 2. The second kappa shape index (κ2) is 4.13. The van der Waals surface area contributed by atoms with E-state index in [4.69, 9.17) is 5.11 Å². The van der Waals surface area contributed by atoms with Gasteiger partial charge in [-0.25, -0.2) is 4.79 Å². The molecule has 1 aromatic rings. The van der Waals surface area contributed by atoms with Gasteiger partial charge in [0.2, 0.25) is 0 Å². The van der Waals surface area contributed by atoms with Crippen molar-refractivity contribution in [2.45, 2.75) is 13.8 Å². The van der Waals surface area contributed by atoms with Crippen molar-refractivity contribution in [3.8, 4) is 0 Å². The molecule has 3 nitrogen and oxygen atoms in total. The monoisotopic (exact) mass is 193 g/mol. The van der Waals surface area contributed by atoms with E-state index in [2.05, 4.69) is 0 Å². The van der Waals surface area contributed by atoms with E-state index in [1.54, 1.807) is 6.07 Å². The summed E-state index contributed by atoms with van der Waals surface area (Å²) in [4.78, 5) is 12.9. The van der Waals surface area contributed by atoms with Crippen LogP contribution in [0.15, 0.2) is 18.2 Å². The Labute approximate surface area is 84.0 Å². The molecule has 0 amide bonds. The summed E-state index contributed by atoms with van der Waals surface area (Å²) in [5.41, 5.74) is 2.21. The molecule has 0 spiro atoms. The number of benzene rings is 1. The van der Waals surface area contributed by atoms with Crippen LogP contribution in [0.5, 0.6) is 0 Å². The zero-order valence-corrected chi connectivity index (χ0v) is 8.74. The molecule has 1 aromatic carbocycles. The van der Waals surface area contributed by atoms with Crippen LogP contribution in [0.25, 0.3) is 0 Å². The lowest BCUT2D eigenvalue weighted by molar-refractivity contribution is 0.0697. The van der Waals surface area contributed by atoms with E-state index < -0.39 is 5.97 Å². The molecule has 0 aliphatic carbocycles. The number of hydrogen-bond donors (Lipinski definition) is 1. The van der Waals surface area contributed by atoms with Crippen molar-refractivity contribution in [3.63, 3.8) is 0 Å². The molecule has 14 heavy (non-hydrogen) atoms. The summed E-state index contributed by atoms with van der Waals surface area (Å²) in [7, 11) is 1.89. The Kier molecular flexibility index (Phi) is 3.12. The smallest absolute Gasteiger partial charge is 0.337 e. The van der Waals surface area contributed by atoms with Crippen molar-refractivity contribution in [1.82, 2.24) is 0 Å². The van der Waals surface area contributed by atoms with Crippen LogP contribution in [0.3, 0.4) is 0 Å². The fraction of sp³-hybridized carbons (Fsp3) is 0.364. The van der Waals surface area contributed by atoms with Gasteiger partial charge in [-0.1, -0.05) is 6.07 Å². The molecule has 0 aliphatic heterocycles. The first kappa shape index (κ1) is 10.6. The molecule has 0 unspecified atom stereocenters. The molecule has 1 N–H and O–H groups in total. The zero-order chi connectivity index (χ0) is 10.7. The maximum atomic E-state index is 10.9. The maximum Gasteiger partial charge on any atom is 0.337 e. The van der Waals surface area contributed by atoms with Gasteiger partial charge in [-0.3, -0.25) is 0 Å². The number of nitrogens with zero attached hydrogens (tertiary/aromatic N) is 1. The van der Waals surface area contributed by atoms with Crippen molar-refractivity contribution in [3.05, 3.63) is 29.3 Å². The van der Waals surface area contributed by atoms with Gasteiger partial charge in [0.05, 0.1) is 11.3 Å². The minimum atomic E-state index is -0.875. The largest absolute Gasteiger partial charge is 0.478 e. The molecular formula is C11H15NO2. The Bertz CT molecular complexity index is 347. The molecular weight excluding hydrogens is 178 g/mol. The van der Waals surface area contributed by atoms with E-state index in [0.717, 1.165) is 17.8 Å². The Morgan fingerprint density at radius 1 is 1.50 bits per heavy atom. The molecule has 0 aliphatic rings. The van der Waals surface area contributed by atoms with Gasteiger partial charge in [-0.2, -0.15) is 0 Å². The third-order valence-corrected chi connectivity index (χ3v) is 2.27. The van der Waals surface area contributed by atoms with E-state index in [0.29, 0.717) is 5.56 Å². The normalized spacial score (nSPS) is 9.93. The first-order valence-corrected chi connectivity index (χ1v) is 4.61. The molecule has 0 radical (unpaired) electrons. The summed E-state index contributed by atoms with van der Waals surface area (Å²) >= 11 is 0. The Hall–Kier alpha value is -1.51. The minimum Gasteiger partial charge on any atom is -0.478 e. The number of carboxylic acids is 1. The van der Waals surface area contributed by atoms with Crippen molar-refractivity contribution in [2.75, 3.05) is 18.5 Å². The molecule has 0 heterocycles. The van der Waals surface area contributed by atoms with Gasteiger partial charge in [0, 0.05) is 13.6 Å². The van der Waals surface area contributed by atoms with E-state index in [1.165, 1.54) is 0 Å². The number of carboxylic acid groups (broad SMARTS) is 1. The van der Waals surface area contributed by atoms with Crippen LogP contribution in [0.1, 0.15) is 22.8 Å². The lowest BCUT2D eigenvalue weighted by atomic mass is 10.1. The van der Waals surface area contributed by atoms with Crippen LogP contribution in [0.4, 0.5) is 5.69 Å². The lowest BCUT2D eigenvalue weighted by Gasteiger charge is -2.19. The zero-order valence-electron chi connectivity index (χ0n) is 8.74.